The summed E-state index contributed by atoms with van der Waals surface area (Å²) in [5.74, 6) is 0.694. The van der Waals surface area contributed by atoms with E-state index in [9.17, 15) is 4.79 Å². The predicted octanol–water partition coefficient (Wildman–Crippen LogP) is 2.30. The second-order valence-corrected chi connectivity index (χ2v) is 4.33. The summed E-state index contributed by atoms with van der Waals surface area (Å²) in [6.45, 7) is 5.57. The number of carbonyl (C=O) groups excluding carboxylic acids is 1. The molecule has 0 amide bonds. The molecule has 0 radical (unpaired) electrons. The zero-order chi connectivity index (χ0) is 12.1. The second-order valence-electron chi connectivity index (χ2n) is 4.33. The van der Waals surface area contributed by atoms with Crippen LogP contribution in [0.1, 0.15) is 31.9 Å². The van der Waals surface area contributed by atoms with Crippen LogP contribution >= 0.6 is 0 Å². The monoisotopic (exact) mass is 222 g/mol. The number of hydrogen-bond donors (Lipinski definition) is 1. The SMILES string of the molecule is CC(=O)Oc1cc(CO)cc(CC(C)C)c1. The van der Waals surface area contributed by atoms with E-state index in [0.29, 0.717) is 11.7 Å². The highest BCUT2D eigenvalue weighted by Crippen LogP contribution is 2.20. The smallest absolute Gasteiger partial charge is 0.308 e. The van der Waals surface area contributed by atoms with E-state index in [-0.39, 0.29) is 12.6 Å². The van der Waals surface area contributed by atoms with Gasteiger partial charge in [-0.15, -0.1) is 0 Å². The molecule has 0 bridgehead atoms. The standard InChI is InChI=1S/C13H18O3/c1-9(2)4-11-5-12(8-14)7-13(6-11)16-10(3)15/h5-7,9,14H,4,8H2,1-3H3. The summed E-state index contributed by atoms with van der Waals surface area (Å²) in [7, 11) is 0. The Morgan fingerprint density at radius 3 is 2.44 bits per heavy atom. The average Bonchev–Trinajstić information content (AvgIpc) is 2.14. The van der Waals surface area contributed by atoms with Gasteiger partial charge in [0, 0.05) is 6.92 Å². The first-order chi connectivity index (χ1) is 7.51. The van der Waals surface area contributed by atoms with Crippen molar-refractivity contribution in [2.75, 3.05) is 0 Å². The normalized spacial score (nSPS) is 10.6. The minimum Gasteiger partial charge on any atom is -0.427 e. The van der Waals surface area contributed by atoms with Gasteiger partial charge in [0.2, 0.25) is 0 Å². The Morgan fingerprint density at radius 2 is 1.94 bits per heavy atom. The van der Waals surface area contributed by atoms with Gasteiger partial charge in [-0.05, 0) is 35.6 Å². The lowest BCUT2D eigenvalue weighted by Gasteiger charge is -2.09. The Labute approximate surface area is 96.1 Å². The van der Waals surface area contributed by atoms with Crippen molar-refractivity contribution in [2.24, 2.45) is 5.92 Å². The Kier molecular flexibility index (Phi) is 4.50. The molecule has 0 saturated carbocycles. The molecule has 0 aliphatic rings. The van der Waals surface area contributed by atoms with Crippen LogP contribution in [0.2, 0.25) is 0 Å². The molecule has 3 nitrogen and oxygen atoms in total. The number of rotatable bonds is 4. The maximum absolute atomic E-state index is 10.9. The molecule has 1 N–H and O–H groups in total. The van der Waals surface area contributed by atoms with E-state index in [1.807, 2.05) is 12.1 Å². The molecular formula is C13H18O3. The van der Waals surface area contributed by atoms with Crippen LogP contribution in [0.4, 0.5) is 0 Å². The topological polar surface area (TPSA) is 46.5 Å². The molecule has 3 heteroatoms. The number of ether oxygens (including phenoxy) is 1. The summed E-state index contributed by atoms with van der Waals surface area (Å²) in [5, 5.41) is 9.11. The molecule has 0 fully saturated rings. The Bertz CT molecular complexity index is 369. The average molecular weight is 222 g/mol. The molecule has 0 saturated heterocycles. The van der Waals surface area contributed by atoms with Crippen LogP contribution in [-0.4, -0.2) is 11.1 Å². The van der Waals surface area contributed by atoms with Gasteiger partial charge in [0.1, 0.15) is 5.75 Å². The number of hydrogen-bond acceptors (Lipinski definition) is 3. The fraction of sp³-hybridized carbons (Fsp3) is 0.462. The predicted molar refractivity (Wildman–Crippen MR) is 62.2 cm³/mol. The van der Waals surface area contributed by atoms with Gasteiger partial charge >= 0.3 is 5.97 Å². The molecular weight excluding hydrogens is 204 g/mol. The van der Waals surface area contributed by atoms with Gasteiger partial charge in [0.25, 0.3) is 0 Å². The lowest BCUT2D eigenvalue weighted by molar-refractivity contribution is -0.131. The van der Waals surface area contributed by atoms with Crippen molar-refractivity contribution in [3.05, 3.63) is 29.3 Å². The van der Waals surface area contributed by atoms with Crippen LogP contribution in [0.15, 0.2) is 18.2 Å². The highest BCUT2D eigenvalue weighted by molar-refractivity contribution is 5.69. The quantitative estimate of drug-likeness (QED) is 0.628. The summed E-state index contributed by atoms with van der Waals surface area (Å²) >= 11 is 0. The van der Waals surface area contributed by atoms with E-state index >= 15 is 0 Å². The Balaban J connectivity index is 2.95. The third kappa shape index (κ3) is 4.03. The number of benzene rings is 1. The van der Waals surface area contributed by atoms with Crippen molar-refractivity contribution in [3.8, 4) is 5.75 Å². The molecule has 0 heterocycles. The van der Waals surface area contributed by atoms with Gasteiger partial charge < -0.3 is 9.84 Å². The van der Waals surface area contributed by atoms with Crippen molar-refractivity contribution in [1.82, 2.24) is 0 Å². The molecule has 0 unspecified atom stereocenters. The lowest BCUT2D eigenvalue weighted by Crippen LogP contribution is -2.03. The van der Waals surface area contributed by atoms with Crippen LogP contribution < -0.4 is 4.74 Å². The first-order valence-electron chi connectivity index (χ1n) is 5.43. The van der Waals surface area contributed by atoms with Crippen molar-refractivity contribution >= 4 is 5.97 Å². The van der Waals surface area contributed by atoms with Crippen molar-refractivity contribution in [2.45, 2.75) is 33.8 Å². The summed E-state index contributed by atoms with van der Waals surface area (Å²) in [4.78, 5) is 10.9. The lowest BCUT2D eigenvalue weighted by atomic mass is 10.0. The maximum Gasteiger partial charge on any atom is 0.308 e. The van der Waals surface area contributed by atoms with Crippen LogP contribution in [0, 0.1) is 5.92 Å². The molecule has 0 aromatic heterocycles. The fourth-order valence-corrected chi connectivity index (χ4v) is 1.63. The van der Waals surface area contributed by atoms with Crippen molar-refractivity contribution in [1.29, 1.82) is 0 Å². The summed E-state index contributed by atoms with van der Waals surface area (Å²) < 4.78 is 5.03. The van der Waals surface area contributed by atoms with Crippen LogP contribution in [0.5, 0.6) is 5.75 Å². The Morgan fingerprint density at radius 1 is 1.31 bits per heavy atom. The van der Waals surface area contributed by atoms with Crippen molar-refractivity contribution < 1.29 is 14.6 Å². The summed E-state index contributed by atoms with van der Waals surface area (Å²) in [6, 6.07) is 5.47. The Hall–Kier alpha value is -1.35. The second kappa shape index (κ2) is 5.66. The molecule has 1 aromatic rings. The van der Waals surface area contributed by atoms with Gasteiger partial charge in [-0.3, -0.25) is 4.79 Å². The van der Waals surface area contributed by atoms with E-state index in [1.165, 1.54) is 6.92 Å². The van der Waals surface area contributed by atoms with Gasteiger partial charge in [0.15, 0.2) is 0 Å². The van der Waals surface area contributed by atoms with E-state index < -0.39 is 0 Å². The molecule has 1 rings (SSSR count). The molecule has 0 atom stereocenters. The number of esters is 1. The summed E-state index contributed by atoms with van der Waals surface area (Å²) in [6.07, 6.45) is 0.905. The van der Waals surface area contributed by atoms with Gasteiger partial charge in [-0.1, -0.05) is 19.9 Å². The fourth-order valence-electron chi connectivity index (χ4n) is 1.63. The summed E-state index contributed by atoms with van der Waals surface area (Å²) in [5.41, 5.74) is 1.85. The van der Waals surface area contributed by atoms with Gasteiger partial charge in [-0.2, -0.15) is 0 Å². The number of carbonyl (C=O) groups is 1. The molecule has 88 valence electrons. The molecule has 16 heavy (non-hydrogen) atoms. The van der Waals surface area contributed by atoms with Crippen LogP contribution in [0.3, 0.4) is 0 Å². The van der Waals surface area contributed by atoms with Crippen LogP contribution in [0.25, 0.3) is 0 Å². The zero-order valence-electron chi connectivity index (χ0n) is 9.99. The highest BCUT2D eigenvalue weighted by atomic mass is 16.5. The maximum atomic E-state index is 10.9. The largest absolute Gasteiger partial charge is 0.427 e. The third-order valence-electron chi connectivity index (χ3n) is 2.11. The minimum absolute atomic E-state index is 0.0415. The van der Waals surface area contributed by atoms with E-state index in [1.54, 1.807) is 6.07 Å². The number of aliphatic hydroxyl groups is 1. The minimum atomic E-state index is -0.342. The van der Waals surface area contributed by atoms with E-state index in [4.69, 9.17) is 9.84 Å². The molecule has 0 aliphatic heterocycles. The van der Waals surface area contributed by atoms with Gasteiger partial charge in [0.05, 0.1) is 6.61 Å². The first-order valence-corrected chi connectivity index (χ1v) is 5.43. The zero-order valence-corrected chi connectivity index (χ0v) is 9.99. The van der Waals surface area contributed by atoms with E-state index in [0.717, 1.165) is 17.5 Å². The molecule has 1 aromatic carbocycles. The van der Waals surface area contributed by atoms with Gasteiger partial charge in [-0.25, -0.2) is 0 Å². The van der Waals surface area contributed by atoms with Crippen LogP contribution in [-0.2, 0) is 17.8 Å². The highest BCUT2D eigenvalue weighted by Gasteiger charge is 2.05. The first kappa shape index (κ1) is 12.7. The number of aliphatic hydroxyl groups excluding tert-OH is 1. The van der Waals surface area contributed by atoms with Crippen molar-refractivity contribution in [3.63, 3.8) is 0 Å². The van der Waals surface area contributed by atoms with E-state index in [2.05, 4.69) is 13.8 Å². The molecule has 0 aliphatic carbocycles. The molecule has 0 spiro atoms. The third-order valence-corrected chi connectivity index (χ3v) is 2.11.